The highest BCUT2D eigenvalue weighted by atomic mass is 16.5. The summed E-state index contributed by atoms with van der Waals surface area (Å²) in [6.07, 6.45) is 6.50. The van der Waals surface area contributed by atoms with Crippen LogP contribution in [0, 0.1) is 6.92 Å². The monoisotopic (exact) mass is 459 g/mol. The van der Waals surface area contributed by atoms with Gasteiger partial charge >= 0.3 is 5.69 Å². The fourth-order valence-electron chi connectivity index (χ4n) is 5.07. The van der Waals surface area contributed by atoms with E-state index in [9.17, 15) is 9.59 Å². The molecule has 3 aliphatic rings. The van der Waals surface area contributed by atoms with Gasteiger partial charge in [-0.2, -0.15) is 4.98 Å². The highest BCUT2D eigenvalue weighted by molar-refractivity contribution is 5.90. The standard InChI is InChI=1S/C24H25N7O3/c1-13-9-18-16-10-17(13)28-23-26-11-19-22(29-23)31(24(33)30(19)2)15-5-3-14(4-6-15)27-21(32)12-34-20(16)7-8-25-18/h7-11,14-15H,3-6,12H2,1-2H3,(H,27,32)(H,26,28,29). The van der Waals surface area contributed by atoms with E-state index >= 15 is 0 Å². The van der Waals surface area contributed by atoms with Crippen LogP contribution in [0.25, 0.3) is 22.1 Å². The summed E-state index contributed by atoms with van der Waals surface area (Å²) in [5.74, 6) is 0.847. The molecule has 5 heterocycles. The maximum atomic E-state index is 13.1. The number of aryl methyl sites for hydroxylation is 2. The minimum absolute atomic E-state index is 0.0208. The van der Waals surface area contributed by atoms with Gasteiger partial charge < -0.3 is 15.4 Å². The van der Waals surface area contributed by atoms with E-state index < -0.39 is 0 Å². The SMILES string of the molecule is Cc1cc2nccc3c2cc1Nc1ncc2c(n1)n(c(=O)n2C)C1CCC(CC1)NC(=O)CO3. The molecule has 2 aliphatic heterocycles. The molecule has 7 rings (SSSR count). The molecule has 174 valence electrons. The smallest absolute Gasteiger partial charge is 0.330 e. The molecule has 1 fully saturated rings. The number of amides is 1. The molecule has 2 N–H and O–H groups in total. The van der Waals surface area contributed by atoms with E-state index in [1.807, 2.05) is 19.1 Å². The molecule has 0 spiro atoms. The number of imidazole rings is 1. The third-order valence-electron chi connectivity index (χ3n) is 6.91. The summed E-state index contributed by atoms with van der Waals surface area (Å²) in [6.45, 7) is 1.90. The van der Waals surface area contributed by atoms with Crippen molar-refractivity contribution in [2.75, 3.05) is 11.9 Å². The maximum Gasteiger partial charge on any atom is 0.330 e. The van der Waals surface area contributed by atoms with Gasteiger partial charge in [-0.15, -0.1) is 0 Å². The van der Waals surface area contributed by atoms with Gasteiger partial charge in [-0.1, -0.05) is 0 Å². The fraction of sp³-hybridized carbons (Fsp3) is 0.375. The number of anilines is 2. The van der Waals surface area contributed by atoms with Crippen LogP contribution < -0.4 is 21.1 Å². The third kappa shape index (κ3) is 3.37. The predicted molar refractivity (Wildman–Crippen MR) is 127 cm³/mol. The minimum atomic E-state index is -0.153. The Hall–Kier alpha value is -3.95. The summed E-state index contributed by atoms with van der Waals surface area (Å²) in [5.41, 5.74) is 3.73. The molecule has 3 aromatic heterocycles. The lowest BCUT2D eigenvalue weighted by Gasteiger charge is -2.29. The van der Waals surface area contributed by atoms with Crippen molar-refractivity contribution in [2.45, 2.75) is 44.7 Å². The van der Waals surface area contributed by atoms with Crippen molar-refractivity contribution in [3.63, 3.8) is 0 Å². The number of nitrogens with one attached hydrogen (secondary N) is 2. The number of nitrogens with zero attached hydrogens (tertiary/aromatic N) is 5. The Morgan fingerprint density at radius 3 is 2.76 bits per heavy atom. The van der Waals surface area contributed by atoms with Crippen LogP contribution in [0.1, 0.15) is 37.3 Å². The van der Waals surface area contributed by atoms with E-state index in [0.717, 1.165) is 47.8 Å². The van der Waals surface area contributed by atoms with Gasteiger partial charge in [-0.05, 0) is 56.4 Å². The molecule has 0 unspecified atom stereocenters. The maximum absolute atomic E-state index is 13.1. The Morgan fingerprint density at radius 1 is 1.12 bits per heavy atom. The number of benzene rings is 1. The average Bonchev–Trinajstić information content (AvgIpc) is 3.08. The van der Waals surface area contributed by atoms with Crippen molar-refractivity contribution in [3.8, 4) is 5.75 Å². The number of ether oxygens (including phenoxy) is 1. The second kappa shape index (κ2) is 7.82. The third-order valence-corrected chi connectivity index (χ3v) is 6.91. The number of hydrogen-bond donors (Lipinski definition) is 2. The van der Waals surface area contributed by atoms with Crippen molar-refractivity contribution in [1.29, 1.82) is 0 Å². The molecule has 34 heavy (non-hydrogen) atoms. The first-order valence-corrected chi connectivity index (χ1v) is 11.5. The lowest BCUT2D eigenvalue weighted by Crippen LogP contribution is -2.41. The van der Waals surface area contributed by atoms with Gasteiger partial charge in [0.2, 0.25) is 5.95 Å². The number of fused-ring (bicyclic) bond motifs is 5. The number of carbonyl (C=O) groups is 1. The molecule has 0 atom stereocenters. The summed E-state index contributed by atoms with van der Waals surface area (Å²) in [5, 5.41) is 7.18. The van der Waals surface area contributed by atoms with Crippen LogP contribution in [0.3, 0.4) is 0 Å². The first-order chi connectivity index (χ1) is 16.5. The summed E-state index contributed by atoms with van der Waals surface area (Å²) >= 11 is 0. The van der Waals surface area contributed by atoms with Gasteiger partial charge in [-0.3, -0.25) is 18.9 Å². The second-order valence-corrected chi connectivity index (χ2v) is 9.09. The Morgan fingerprint density at radius 2 is 1.94 bits per heavy atom. The minimum Gasteiger partial charge on any atom is -0.483 e. The first-order valence-electron chi connectivity index (χ1n) is 11.5. The van der Waals surface area contributed by atoms with E-state index in [4.69, 9.17) is 9.72 Å². The molecule has 4 aromatic rings. The number of rotatable bonds is 0. The Bertz CT molecular complexity index is 1500. The molecule has 0 saturated heterocycles. The second-order valence-electron chi connectivity index (χ2n) is 9.09. The molecule has 10 heteroatoms. The zero-order valence-electron chi connectivity index (χ0n) is 19.0. The van der Waals surface area contributed by atoms with Gasteiger partial charge in [0.15, 0.2) is 12.3 Å². The average molecular weight is 460 g/mol. The quantitative estimate of drug-likeness (QED) is 0.415. The predicted octanol–water partition coefficient (Wildman–Crippen LogP) is 2.72. The van der Waals surface area contributed by atoms with Gasteiger partial charge in [-0.25, -0.2) is 9.78 Å². The number of pyridine rings is 1. The zero-order valence-corrected chi connectivity index (χ0v) is 19.0. The van der Waals surface area contributed by atoms with E-state index in [-0.39, 0.29) is 30.3 Å². The van der Waals surface area contributed by atoms with Crippen LogP contribution in [0.4, 0.5) is 11.6 Å². The summed E-state index contributed by atoms with van der Waals surface area (Å²) in [4.78, 5) is 39.4. The van der Waals surface area contributed by atoms with Crippen LogP contribution in [-0.2, 0) is 11.8 Å². The van der Waals surface area contributed by atoms with Crippen molar-refractivity contribution >= 4 is 39.6 Å². The molecule has 0 radical (unpaired) electrons. The molecule has 1 aliphatic carbocycles. The highest BCUT2D eigenvalue weighted by Crippen LogP contribution is 2.32. The normalized spacial score (nSPS) is 20.4. The Labute approximate surface area is 195 Å². The van der Waals surface area contributed by atoms with E-state index in [1.54, 1.807) is 34.6 Å². The van der Waals surface area contributed by atoms with Crippen molar-refractivity contribution in [1.82, 2.24) is 29.4 Å². The van der Waals surface area contributed by atoms with Gasteiger partial charge in [0.1, 0.15) is 11.3 Å². The van der Waals surface area contributed by atoms with Crippen LogP contribution in [0.15, 0.2) is 35.4 Å². The molecule has 1 amide bonds. The Kier molecular flexibility index (Phi) is 4.75. The number of hydrogen-bond acceptors (Lipinski definition) is 7. The van der Waals surface area contributed by atoms with Gasteiger partial charge in [0.25, 0.3) is 5.91 Å². The molecule has 6 bridgehead atoms. The number of carbonyl (C=O) groups excluding carboxylic acids is 1. The topological polar surface area (TPSA) is 116 Å². The van der Waals surface area contributed by atoms with E-state index in [2.05, 4.69) is 20.6 Å². The summed E-state index contributed by atoms with van der Waals surface area (Å²) in [6, 6.07) is 5.73. The largest absolute Gasteiger partial charge is 0.483 e. The van der Waals surface area contributed by atoms with Gasteiger partial charge in [0, 0.05) is 36.4 Å². The van der Waals surface area contributed by atoms with Crippen molar-refractivity contribution in [3.05, 3.63) is 46.6 Å². The lowest BCUT2D eigenvalue weighted by atomic mass is 9.91. The van der Waals surface area contributed by atoms with Crippen LogP contribution >= 0.6 is 0 Å². The van der Waals surface area contributed by atoms with Gasteiger partial charge in [0.05, 0.1) is 11.7 Å². The number of aromatic nitrogens is 5. The fourth-order valence-corrected chi connectivity index (χ4v) is 5.07. The van der Waals surface area contributed by atoms with E-state index in [1.165, 1.54) is 0 Å². The van der Waals surface area contributed by atoms with Crippen molar-refractivity contribution < 1.29 is 9.53 Å². The molecular weight excluding hydrogens is 434 g/mol. The summed E-state index contributed by atoms with van der Waals surface area (Å²) < 4.78 is 9.28. The Balaban J connectivity index is 1.52. The zero-order chi connectivity index (χ0) is 23.4. The molecular formula is C24H25N7O3. The van der Waals surface area contributed by atoms with Crippen LogP contribution in [0.2, 0.25) is 0 Å². The summed E-state index contributed by atoms with van der Waals surface area (Å²) in [7, 11) is 1.75. The van der Waals surface area contributed by atoms with Crippen LogP contribution in [-0.4, -0.2) is 42.6 Å². The molecule has 1 aromatic carbocycles. The molecule has 10 nitrogen and oxygen atoms in total. The highest BCUT2D eigenvalue weighted by Gasteiger charge is 2.28. The van der Waals surface area contributed by atoms with Crippen LogP contribution in [0.5, 0.6) is 5.75 Å². The van der Waals surface area contributed by atoms with E-state index in [0.29, 0.717) is 22.9 Å². The van der Waals surface area contributed by atoms with Crippen molar-refractivity contribution in [2.24, 2.45) is 7.05 Å². The molecule has 1 saturated carbocycles. The lowest BCUT2D eigenvalue weighted by molar-refractivity contribution is -0.124. The first kappa shape index (κ1) is 20.6.